The summed E-state index contributed by atoms with van der Waals surface area (Å²) in [7, 11) is 0. The highest BCUT2D eigenvalue weighted by Gasteiger charge is 2.35. The van der Waals surface area contributed by atoms with Crippen LogP contribution in [0.2, 0.25) is 0 Å². The highest BCUT2D eigenvalue weighted by atomic mass is 32.1. The van der Waals surface area contributed by atoms with Gasteiger partial charge >= 0.3 is 0 Å². The number of likely N-dealkylation sites (tertiary alicyclic amines) is 1. The van der Waals surface area contributed by atoms with Crippen molar-refractivity contribution < 1.29 is 9.59 Å². The molecule has 5 rings (SSSR count). The van der Waals surface area contributed by atoms with Crippen LogP contribution in [-0.4, -0.2) is 39.7 Å². The lowest BCUT2D eigenvalue weighted by Crippen LogP contribution is -2.29. The lowest BCUT2D eigenvalue weighted by Gasteiger charge is -2.15. The van der Waals surface area contributed by atoms with E-state index in [1.54, 1.807) is 24.3 Å². The van der Waals surface area contributed by atoms with Crippen LogP contribution in [0, 0.1) is 6.92 Å². The fourth-order valence-corrected chi connectivity index (χ4v) is 5.10. The van der Waals surface area contributed by atoms with Crippen LogP contribution in [0.25, 0.3) is 0 Å². The van der Waals surface area contributed by atoms with E-state index in [1.165, 1.54) is 27.4 Å². The molecule has 0 saturated carbocycles. The maximum absolute atomic E-state index is 12.6. The fraction of sp³-hybridized carbons (Fsp3) is 0.292. The zero-order chi connectivity index (χ0) is 20.7. The summed E-state index contributed by atoms with van der Waals surface area (Å²) in [6.07, 6.45) is 1.16. The Bertz CT molecular complexity index is 1070. The van der Waals surface area contributed by atoms with Crippen LogP contribution in [0.1, 0.15) is 54.9 Å². The number of thiazole rings is 1. The summed E-state index contributed by atoms with van der Waals surface area (Å²) >= 11 is 1.52. The SMILES string of the molecule is Cc1ccc(C2CCN(Cc3csc(CN4C(=O)c5ccccc5C4=O)n3)C2)cc1. The predicted molar refractivity (Wildman–Crippen MR) is 117 cm³/mol. The number of amides is 2. The topological polar surface area (TPSA) is 53.5 Å². The first-order valence-electron chi connectivity index (χ1n) is 10.3. The number of benzene rings is 2. The summed E-state index contributed by atoms with van der Waals surface area (Å²) in [5.41, 5.74) is 4.68. The number of fused-ring (bicyclic) bond motifs is 1. The Morgan fingerprint density at radius 1 is 1.00 bits per heavy atom. The molecule has 0 spiro atoms. The first-order valence-corrected chi connectivity index (χ1v) is 11.1. The van der Waals surface area contributed by atoms with Crippen molar-refractivity contribution in [1.82, 2.24) is 14.8 Å². The number of hydrogen-bond donors (Lipinski definition) is 0. The van der Waals surface area contributed by atoms with E-state index < -0.39 is 0 Å². The third-order valence-electron chi connectivity index (χ3n) is 5.98. The van der Waals surface area contributed by atoms with Gasteiger partial charge in [0.25, 0.3) is 11.8 Å². The zero-order valence-corrected chi connectivity index (χ0v) is 17.7. The van der Waals surface area contributed by atoms with Gasteiger partial charge in [-0.3, -0.25) is 19.4 Å². The third kappa shape index (κ3) is 3.57. The number of aryl methyl sites for hydroxylation is 1. The fourth-order valence-electron chi connectivity index (χ4n) is 4.33. The molecular weight excluding hydrogens is 394 g/mol. The molecule has 2 aromatic carbocycles. The molecule has 1 unspecified atom stereocenters. The molecule has 2 aliphatic heterocycles. The minimum atomic E-state index is -0.229. The van der Waals surface area contributed by atoms with E-state index >= 15 is 0 Å². The molecule has 3 heterocycles. The summed E-state index contributed by atoms with van der Waals surface area (Å²) in [4.78, 5) is 33.6. The molecule has 5 nitrogen and oxygen atoms in total. The average molecular weight is 418 g/mol. The number of rotatable bonds is 5. The van der Waals surface area contributed by atoms with Crippen LogP contribution in [-0.2, 0) is 13.1 Å². The van der Waals surface area contributed by atoms with Gasteiger partial charge in [0.2, 0.25) is 0 Å². The van der Waals surface area contributed by atoms with Crippen molar-refractivity contribution in [1.29, 1.82) is 0 Å². The van der Waals surface area contributed by atoms with Gasteiger partial charge in [0.1, 0.15) is 5.01 Å². The number of aromatic nitrogens is 1. The summed E-state index contributed by atoms with van der Waals surface area (Å²) in [6, 6.07) is 15.8. The van der Waals surface area contributed by atoms with E-state index in [-0.39, 0.29) is 18.4 Å². The van der Waals surface area contributed by atoms with Crippen molar-refractivity contribution in [2.24, 2.45) is 0 Å². The zero-order valence-electron chi connectivity index (χ0n) is 16.9. The number of hydrogen-bond acceptors (Lipinski definition) is 5. The monoisotopic (exact) mass is 417 g/mol. The largest absolute Gasteiger partial charge is 0.297 e. The highest BCUT2D eigenvalue weighted by molar-refractivity contribution is 7.09. The molecule has 3 aromatic rings. The third-order valence-corrected chi connectivity index (χ3v) is 6.86. The summed E-state index contributed by atoms with van der Waals surface area (Å²) < 4.78 is 0. The van der Waals surface area contributed by atoms with Gasteiger partial charge in [0.15, 0.2) is 0 Å². The van der Waals surface area contributed by atoms with Gasteiger partial charge in [-0.05, 0) is 43.5 Å². The number of imide groups is 1. The molecular formula is C24H23N3O2S. The molecule has 6 heteroatoms. The summed E-state index contributed by atoms with van der Waals surface area (Å²) in [5.74, 6) is 0.114. The molecule has 1 fully saturated rings. The van der Waals surface area contributed by atoms with Gasteiger partial charge < -0.3 is 0 Å². The molecule has 1 saturated heterocycles. The number of nitrogens with zero attached hydrogens (tertiary/aromatic N) is 3. The van der Waals surface area contributed by atoms with Gasteiger partial charge in [-0.25, -0.2) is 4.98 Å². The molecule has 2 aliphatic rings. The van der Waals surface area contributed by atoms with Crippen molar-refractivity contribution in [3.63, 3.8) is 0 Å². The summed E-state index contributed by atoms with van der Waals surface area (Å²) in [5, 5.41) is 2.85. The molecule has 2 amide bonds. The number of carbonyl (C=O) groups is 2. The minimum Gasteiger partial charge on any atom is -0.297 e. The Kier molecular flexibility index (Phi) is 4.97. The quantitative estimate of drug-likeness (QED) is 0.583. The smallest absolute Gasteiger partial charge is 0.261 e. The van der Waals surface area contributed by atoms with Gasteiger partial charge in [-0.1, -0.05) is 42.0 Å². The minimum absolute atomic E-state index is 0.229. The second-order valence-corrected chi connectivity index (χ2v) is 9.05. The van der Waals surface area contributed by atoms with Crippen molar-refractivity contribution in [2.75, 3.05) is 13.1 Å². The van der Waals surface area contributed by atoms with E-state index in [1.807, 2.05) is 5.38 Å². The molecule has 0 aliphatic carbocycles. The lowest BCUT2D eigenvalue weighted by molar-refractivity contribution is 0.0642. The highest BCUT2D eigenvalue weighted by Crippen LogP contribution is 2.29. The lowest BCUT2D eigenvalue weighted by atomic mass is 9.98. The molecule has 0 N–H and O–H groups in total. The van der Waals surface area contributed by atoms with Crippen LogP contribution in [0.3, 0.4) is 0 Å². The Balaban J connectivity index is 1.21. The van der Waals surface area contributed by atoms with Crippen molar-refractivity contribution in [2.45, 2.75) is 32.4 Å². The number of carbonyl (C=O) groups excluding carboxylic acids is 2. The molecule has 0 bridgehead atoms. The molecule has 1 aromatic heterocycles. The maximum Gasteiger partial charge on any atom is 0.261 e. The second kappa shape index (κ2) is 7.78. The van der Waals surface area contributed by atoms with E-state index in [0.717, 1.165) is 36.8 Å². The molecule has 0 radical (unpaired) electrons. The summed E-state index contributed by atoms with van der Waals surface area (Å²) in [6.45, 7) is 5.26. The second-order valence-electron chi connectivity index (χ2n) is 8.11. The predicted octanol–water partition coefficient (Wildman–Crippen LogP) is 4.24. The van der Waals surface area contributed by atoms with Crippen LogP contribution in [0.4, 0.5) is 0 Å². The first kappa shape index (κ1) is 19.2. The normalized spacial score (nSPS) is 19.0. The van der Waals surface area contributed by atoms with E-state index in [2.05, 4.69) is 36.1 Å². The van der Waals surface area contributed by atoms with Crippen molar-refractivity contribution in [3.8, 4) is 0 Å². The Morgan fingerprint density at radius 3 is 2.40 bits per heavy atom. The van der Waals surface area contributed by atoms with Gasteiger partial charge in [0, 0.05) is 18.5 Å². The molecule has 1 atom stereocenters. The van der Waals surface area contributed by atoms with E-state index in [9.17, 15) is 9.59 Å². The van der Waals surface area contributed by atoms with E-state index in [0.29, 0.717) is 17.0 Å². The van der Waals surface area contributed by atoms with E-state index in [4.69, 9.17) is 4.98 Å². The van der Waals surface area contributed by atoms with Crippen LogP contribution >= 0.6 is 11.3 Å². The van der Waals surface area contributed by atoms with Crippen molar-refractivity contribution >= 4 is 23.2 Å². The van der Waals surface area contributed by atoms with Gasteiger partial charge in [-0.2, -0.15) is 0 Å². The van der Waals surface area contributed by atoms with Crippen LogP contribution in [0.5, 0.6) is 0 Å². The Hall–Kier alpha value is -2.83. The van der Waals surface area contributed by atoms with Crippen molar-refractivity contribution in [3.05, 3.63) is 86.9 Å². The Labute approximate surface area is 180 Å². The molecule has 152 valence electrons. The standard InChI is InChI=1S/C24H23N3O2S/c1-16-6-8-17(9-7-16)18-10-11-26(12-18)13-19-15-30-22(25-19)14-27-23(28)20-4-2-3-5-21(20)24(27)29/h2-9,15,18H,10-14H2,1H3. The Morgan fingerprint density at radius 2 is 1.70 bits per heavy atom. The maximum atomic E-state index is 12.6. The van der Waals surface area contributed by atoms with Crippen LogP contribution < -0.4 is 0 Å². The average Bonchev–Trinajstić information content (AvgIpc) is 3.46. The van der Waals surface area contributed by atoms with Crippen LogP contribution in [0.15, 0.2) is 53.9 Å². The first-order chi connectivity index (χ1) is 14.6. The van der Waals surface area contributed by atoms with Gasteiger partial charge in [0.05, 0.1) is 23.4 Å². The van der Waals surface area contributed by atoms with Gasteiger partial charge in [-0.15, -0.1) is 11.3 Å². The molecule has 30 heavy (non-hydrogen) atoms.